The number of carbonyl (C=O) groups is 1. The molecule has 0 saturated heterocycles. The molecule has 0 aromatic heterocycles. The Balaban J connectivity index is 2.23. The van der Waals surface area contributed by atoms with Crippen molar-refractivity contribution in [3.63, 3.8) is 0 Å². The first-order chi connectivity index (χ1) is 10.6. The van der Waals surface area contributed by atoms with Crippen molar-refractivity contribution >= 4 is 31.5 Å². The summed E-state index contributed by atoms with van der Waals surface area (Å²) in [6, 6.07) is 10.4. The normalized spacial score (nSPS) is 11.9. The van der Waals surface area contributed by atoms with Crippen LogP contribution in [0.2, 0.25) is 0 Å². The third-order valence-corrected chi connectivity index (χ3v) is 4.91. The Kier molecular flexibility index (Phi) is 4.55. The Morgan fingerprint density at radius 1 is 0.957 bits per heavy atom. The van der Waals surface area contributed by atoms with Crippen molar-refractivity contribution in [2.75, 3.05) is 11.6 Å². The summed E-state index contributed by atoms with van der Waals surface area (Å²) in [6.07, 6.45) is 1.06. The highest BCUT2D eigenvalue weighted by Gasteiger charge is 2.13. The Bertz CT molecular complexity index is 947. The van der Waals surface area contributed by atoms with Gasteiger partial charge in [0.05, 0.1) is 9.79 Å². The molecule has 7 nitrogen and oxygen atoms in total. The van der Waals surface area contributed by atoms with E-state index in [1.807, 2.05) is 0 Å². The zero-order chi connectivity index (χ0) is 17.3. The van der Waals surface area contributed by atoms with E-state index in [2.05, 4.69) is 5.32 Å². The lowest BCUT2D eigenvalue weighted by atomic mass is 10.2. The van der Waals surface area contributed by atoms with E-state index in [1.54, 1.807) is 0 Å². The van der Waals surface area contributed by atoms with Crippen molar-refractivity contribution in [2.45, 2.75) is 9.79 Å². The van der Waals surface area contributed by atoms with Crippen molar-refractivity contribution in [2.24, 2.45) is 0 Å². The van der Waals surface area contributed by atoms with Crippen LogP contribution < -0.4 is 5.32 Å². The summed E-state index contributed by atoms with van der Waals surface area (Å²) in [7, 11) is -7.72. The zero-order valence-corrected chi connectivity index (χ0v) is 13.6. The fourth-order valence-corrected chi connectivity index (χ4v) is 2.95. The van der Waals surface area contributed by atoms with Gasteiger partial charge in [-0.1, -0.05) is 6.07 Å². The molecule has 2 aromatic rings. The minimum atomic E-state index is -4.37. The average Bonchev–Trinajstić information content (AvgIpc) is 2.46. The Morgan fingerprint density at radius 2 is 1.57 bits per heavy atom. The van der Waals surface area contributed by atoms with Crippen molar-refractivity contribution in [1.82, 2.24) is 0 Å². The fourth-order valence-electron chi connectivity index (χ4n) is 1.79. The molecule has 0 bridgehead atoms. The second kappa shape index (κ2) is 6.11. The first kappa shape index (κ1) is 17.1. The van der Waals surface area contributed by atoms with Gasteiger partial charge in [0.25, 0.3) is 16.0 Å². The Morgan fingerprint density at radius 3 is 2.09 bits per heavy atom. The minimum Gasteiger partial charge on any atom is -0.322 e. The van der Waals surface area contributed by atoms with Crippen LogP contribution in [0.15, 0.2) is 58.3 Å². The van der Waals surface area contributed by atoms with Gasteiger partial charge in [-0.05, 0) is 42.5 Å². The molecule has 0 unspecified atom stereocenters. The smallest absolute Gasteiger partial charge is 0.294 e. The number of hydrogen-bond acceptors (Lipinski definition) is 5. The summed E-state index contributed by atoms with van der Waals surface area (Å²) in [5.41, 5.74) is 0.381. The van der Waals surface area contributed by atoms with E-state index in [-0.39, 0.29) is 21.0 Å². The van der Waals surface area contributed by atoms with Crippen molar-refractivity contribution in [3.05, 3.63) is 54.1 Å². The Hall–Kier alpha value is -2.23. The van der Waals surface area contributed by atoms with Crippen LogP contribution in [-0.2, 0) is 20.0 Å². The summed E-state index contributed by atoms with van der Waals surface area (Å²) in [5.74, 6) is -0.544. The number of benzene rings is 2. The van der Waals surface area contributed by atoms with Crippen LogP contribution in [0, 0.1) is 0 Å². The molecule has 9 heteroatoms. The standard InChI is InChI=1S/C14H13NO6S2/c1-22(17,18)12-7-5-10(6-8-12)14(16)15-11-3-2-4-13(9-11)23(19,20)21/h2-9H,1H3,(H,15,16)(H,19,20,21). The number of anilines is 1. The van der Waals surface area contributed by atoms with Crippen molar-refractivity contribution in [3.8, 4) is 0 Å². The van der Waals surface area contributed by atoms with E-state index in [9.17, 15) is 21.6 Å². The van der Waals surface area contributed by atoms with Gasteiger partial charge in [-0.15, -0.1) is 0 Å². The Labute approximate surface area is 133 Å². The topological polar surface area (TPSA) is 118 Å². The first-order valence-corrected chi connectivity index (χ1v) is 9.59. The molecule has 0 saturated carbocycles. The van der Waals surface area contributed by atoms with E-state index in [1.165, 1.54) is 42.5 Å². The SMILES string of the molecule is CS(=O)(=O)c1ccc(C(=O)Nc2cccc(S(=O)(=O)O)c2)cc1. The molecule has 0 radical (unpaired) electrons. The van der Waals surface area contributed by atoms with Crippen LogP contribution in [0.4, 0.5) is 5.69 Å². The van der Waals surface area contributed by atoms with Crippen LogP contribution in [0.5, 0.6) is 0 Å². The van der Waals surface area contributed by atoms with Gasteiger partial charge in [-0.2, -0.15) is 8.42 Å². The van der Waals surface area contributed by atoms with E-state index in [0.717, 1.165) is 12.3 Å². The lowest BCUT2D eigenvalue weighted by Gasteiger charge is -2.07. The quantitative estimate of drug-likeness (QED) is 0.804. The second-order valence-electron chi connectivity index (χ2n) is 4.75. The molecule has 0 heterocycles. The van der Waals surface area contributed by atoms with E-state index in [4.69, 9.17) is 4.55 Å². The summed E-state index contributed by atoms with van der Waals surface area (Å²) < 4.78 is 53.8. The monoisotopic (exact) mass is 355 g/mol. The summed E-state index contributed by atoms with van der Waals surface area (Å²) >= 11 is 0. The van der Waals surface area contributed by atoms with E-state index < -0.39 is 25.9 Å². The molecule has 2 aromatic carbocycles. The molecule has 0 aliphatic rings. The number of rotatable bonds is 4. The van der Waals surface area contributed by atoms with Gasteiger partial charge in [0.1, 0.15) is 0 Å². The van der Waals surface area contributed by atoms with Crippen LogP contribution in [0.25, 0.3) is 0 Å². The summed E-state index contributed by atoms with van der Waals surface area (Å²) in [5, 5.41) is 2.46. The van der Waals surface area contributed by atoms with Crippen LogP contribution in [-0.4, -0.2) is 33.6 Å². The van der Waals surface area contributed by atoms with E-state index in [0.29, 0.717) is 0 Å². The molecule has 2 N–H and O–H groups in total. The number of amides is 1. The van der Waals surface area contributed by atoms with Crippen LogP contribution in [0.1, 0.15) is 10.4 Å². The lowest BCUT2D eigenvalue weighted by molar-refractivity contribution is 0.102. The van der Waals surface area contributed by atoms with E-state index >= 15 is 0 Å². The van der Waals surface area contributed by atoms with Crippen molar-refractivity contribution < 1.29 is 26.2 Å². The molecule has 23 heavy (non-hydrogen) atoms. The minimum absolute atomic E-state index is 0.0856. The highest BCUT2D eigenvalue weighted by atomic mass is 32.2. The highest BCUT2D eigenvalue weighted by Crippen LogP contribution is 2.17. The maximum Gasteiger partial charge on any atom is 0.294 e. The van der Waals surface area contributed by atoms with Gasteiger partial charge in [0, 0.05) is 17.5 Å². The van der Waals surface area contributed by atoms with Gasteiger partial charge in [-0.3, -0.25) is 9.35 Å². The number of hydrogen-bond donors (Lipinski definition) is 2. The van der Waals surface area contributed by atoms with Crippen molar-refractivity contribution in [1.29, 1.82) is 0 Å². The van der Waals surface area contributed by atoms with Crippen LogP contribution in [0.3, 0.4) is 0 Å². The lowest BCUT2D eigenvalue weighted by Crippen LogP contribution is -2.12. The molecule has 1 amide bonds. The molecule has 0 atom stereocenters. The predicted octanol–water partition coefficient (Wildman–Crippen LogP) is 1.59. The molecule has 0 aliphatic carbocycles. The maximum atomic E-state index is 12.1. The predicted molar refractivity (Wildman–Crippen MR) is 83.8 cm³/mol. The average molecular weight is 355 g/mol. The van der Waals surface area contributed by atoms with Gasteiger partial charge >= 0.3 is 0 Å². The first-order valence-electron chi connectivity index (χ1n) is 6.26. The number of carbonyl (C=O) groups excluding carboxylic acids is 1. The maximum absolute atomic E-state index is 12.1. The zero-order valence-electron chi connectivity index (χ0n) is 11.9. The molecule has 0 spiro atoms. The molecular formula is C14H13NO6S2. The summed E-state index contributed by atoms with van der Waals surface area (Å²) in [4.78, 5) is 11.8. The highest BCUT2D eigenvalue weighted by molar-refractivity contribution is 7.90. The summed E-state index contributed by atoms with van der Waals surface area (Å²) in [6.45, 7) is 0. The van der Waals surface area contributed by atoms with Gasteiger partial charge < -0.3 is 5.32 Å². The second-order valence-corrected chi connectivity index (χ2v) is 8.19. The largest absolute Gasteiger partial charge is 0.322 e. The molecule has 0 aliphatic heterocycles. The molecular weight excluding hydrogens is 342 g/mol. The number of sulfone groups is 1. The molecule has 2 rings (SSSR count). The fraction of sp³-hybridized carbons (Fsp3) is 0.0714. The van der Waals surface area contributed by atoms with Gasteiger partial charge in [0.15, 0.2) is 9.84 Å². The van der Waals surface area contributed by atoms with Crippen LogP contribution >= 0.6 is 0 Å². The third kappa shape index (κ3) is 4.38. The molecule has 0 fully saturated rings. The third-order valence-electron chi connectivity index (χ3n) is 2.93. The molecule has 122 valence electrons. The van der Waals surface area contributed by atoms with Gasteiger partial charge in [0.2, 0.25) is 0 Å². The van der Waals surface area contributed by atoms with Gasteiger partial charge in [-0.25, -0.2) is 8.42 Å². The number of nitrogens with one attached hydrogen (secondary N) is 1.